The van der Waals surface area contributed by atoms with Crippen molar-refractivity contribution in [3.05, 3.63) is 31.8 Å². The lowest BCUT2D eigenvalue weighted by atomic mass is 10.2. The molecule has 5 heteroatoms. The fourth-order valence-electron chi connectivity index (χ4n) is 1.80. The number of likely N-dealkylation sites (tertiary alicyclic amines) is 1. The van der Waals surface area contributed by atoms with E-state index in [4.69, 9.17) is 5.73 Å². The molecule has 2 N–H and O–H groups in total. The summed E-state index contributed by atoms with van der Waals surface area (Å²) >= 11 is 5.57. The smallest absolute Gasteiger partial charge is 0.255 e. The van der Waals surface area contributed by atoms with Gasteiger partial charge in [0.05, 0.1) is 5.56 Å². The Hall–Kier alpha value is -0.140. The fraction of sp³-hybridized carbons (Fsp3) is 0.364. The summed E-state index contributed by atoms with van der Waals surface area (Å²) in [4.78, 5) is 14.0. The van der Waals surface area contributed by atoms with Crippen molar-refractivity contribution in [1.29, 1.82) is 0 Å². The lowest BCUT2D eigenvalue weighted by molar-refractivity contribution is 0.0790. The van der Waals surface area contributed by atoms with Gasteiger partial charge in [0, 0.05) is 27.2 Å². The molecule has 1 atom stereocenters. The molecule has 1 aromatic rings. The summed E-state index contributed by atoms with van der Waals surface area (Å²) in [6, 6.07) is 5.88. The van der Waals surface area contributed by atoms with E-state index in [1.165, 1.54) is 0 Å². The molecule has 1 aromatic carbocycles. The van der Waals surface area contributed by atoms with Crippen LogP contribution in [-0.2, 0) is 0 Å². The number of amides is 1. The molecule has 0 aromatic heterocycles. The van der Waals surface area contributed by atoms with E-state index in [-0.39, 0.29) is 11.9 Å². The largest absolute Gasteiger partial charge is 0.337 e. The average Bonchev–Trinajstić information content (AvgIpc) is 2.67. The van der Waals surface area contributed by atoms with Crippen molar-refractivity contribution in [2.45, 2.75) is 12.5 Å². The first-order chi connectivity index (χ1) is 7.58. The van der Waals surface area contributed by atoms with Crippen LogP contribution in [0.4, 0.5) is 0 Å². The Kier molecular flexibility index (Phi) is 3.86. The summed E-state index contributed by atoms with van der Waals surface area (Å²) in [6.07, 6.45) is 0.899. The van der Waals surface area contributed by atoms with Crippen molar-refractivity contribution in [1.82, 2.24) is 4.90 Å². The number of rotatable bonds is 1. The normalized spacial score (nSPS) is 20.2. The highest BCUT2D eigenvalue weighted by atomic mass is 127. The topological polar surface area (TPSA) is 46.3 Å². The van der Waals surface area contributed by atoms with E-state index < -0.39 is 0 Å². The maximum Gasteiger partial charge on any atom is 0.255 e. The molecule has 1 heterocycles. The highest BCUT2D eigenvalue weighted by Gasteiger charge is 2.25. The van der Waals surface area contributed by atoms with Crippen LogP contribution in [0.5, 0.6) is 0 Å². The van der Waals surface area contributed by atoms with Crippen LogP contribution in [0.15, 0.2) is 22.7 Å². The number of nitrogens with two attached hydrogens (primary N) is 1. The molecular weight excluding hydrogens is 383 g/mol. The second kappa shape index (κ2) is 5.01. The Morgan fingerprint density at radius 2 is 2.31 bits per heavy atom. The predicted molar refractivity (Wildman–Crippen MR) is 75.4 cm³/mol. The van der Waals surface area contributed by atoms with Gasteiger partial charge >= 0.3 is 0 Å². The summed E-state index contributed by atoms with van der Waals surface area (Å²) < 4.78 is 1.91. The third-order valence-corrected chi connectivity index (χ3v) is 4.10. The lowest BCUT2D eigenvalue weighted by Crippen LogP contribution is -2.32. The molecule has 2 rings (SSSR count). The maximum absolute atomic E-state index is 12.2. The molecule has 0 aliphatic carbocycles. The summed E-state index contributed by atoms with van der Waals surface area (Å²) in [6.45, 7) is 1.43. The van der Waals surface area contributed by atoms with Crippen LogP contribution >= 0.6 is 38.5 Å². The van der Waals surface area contributed by atoms with Crippen molar-refractivity contribution < 1.29 is 4.79 Å². The van der Waals surface area contributed by atoms with Crippen molar-refractivity contribution in [3.63, 3.8) is 0 Å². The van der Waals surface area contributed by atoms with Gasteiger partial charge in [0.2, 0.25) is 0 Å². The Labute approximate surface area is 117 Å². The summed E-state index contributed by atoms with van der Waals surface area (Å²) in [7, 11) is 0. The lowest BCUT2D eigenvalue weighted by Gasteiger charge is -2.16. The molecule has 0 spiro atoms. The molecule has 1 saturated heterocycles. The molecule has 0 unspecified atom stereocenters. The highest BCUT2D eigenvalue weighted by molar-refractivity contribution is 14.1. The average molecular weight is 395 g/mol. The van der Waals surface area contributed by atoms with E-state index in [0.717, 1.165) is 26.6 Å². The van der Waals surface area contributed by atoms with Gasteiger partial charge in [0.15, 0.2) is 0 Å². The number of carbonyl (C=O) groups excluding carboxylic acids is 1. The molecule has 0 saturated carbocycles. The predicted octanol–water partition coefficient (Wildman–Crippen LogP) is 2.23. The van der Waals surface area contributed by atoms with Crippen molar-refractivity contribution in [2.24, 2.45) is 5.73 Å². The van der Waals surface area contributed by atoms with Crippen molar-refractivity contribution >= 4 is 44.4 Å². The summed E-state index contributed by atoms with van der Waals surface area (Å²) in [5.41, 5.74) is 6.56. The van der Waals surface area contributed by atoms with Crippen LogP contribution in [0.25, 0.3) is 0 Å². The molecule has 16 heavy (non-hydrogen) atoms. The van der Waals surface area contributed by atoms with Gasteiger partial charge in [0.25, 0.3) is 5.91 Å². The molecule has 0 radical (unpaired) electrons. The number of nitrogens with zero attached hydrogens (tertiary/aromatic N) is 1. The van der Waals surface area contributed by atoms with E-state index in [1.807, 2.05) is 23.1 Å². The minimum atomic E-state index is 0.0821. The molecule has 1 aliphatic heterocycles. The van der Waals surface area contributed by atoms with E-state index in [0.29, 0.717) is 6.54 Å². The summed E-state index contributed by atoms with van der Waals surface area (Å²) in [5, 5.41) is 0. The first kappa shape index (κ1) is 12.3. The Balaban J connectivity index is 2.23. The monoisotopic (exact) mass is 394 g/mol. The van der Waals surface area contributed by atoms with Gasteiger partial charge in [-0.05, 0) is 47.2 Å². The van der Waals surface area contributed by atoms with Crippen LogP contribution in [0.3, 0.4) is 0 Å². The van der Waals surface area contributed by atoms with E-state index >= 15 is 0 Å². The standard InChI is InChI=1S/C11H12BrIN2O/c12-7-1-2-10(13)9(5-7)11(16)15-4-3-8(14)6-15/h1-2,5,8H,3-4,6,14H2/t8-/m0/s1. The quantitative estimate of drug-likeness (QED) is 0.742. The second-order valence-corrected chi connectivity index (χ2v) is 6.00. The molecule has 1 aliphatic rings. The SMILES string of the molecule is N[C@H]1CCN(C(=O)c2cc(Br)ccc2I)C1. The highest BCUT2D eigenvalue weighted by Crippen LogP contribution is 2.21. The molecular formula is C11H12BrIN2O. The fourth-order valence-corrected chi connectivity index (χ4v) is 2.73. The van der Waals surface area contributed by atoms with E-state index in [1.54, 1.807) is 0 Å². The van der Waals surface area contributed by atoms with E-state index in [2.05, 4.69) is 38.5 Å². The Morgan fingerprint density at radius 1 is 1.56 bits per heavy atom. The first-order valence-corrected chi connectivity index (χ1v) is 6.95. The minimum Gasteiger partial charge on any atom is -0.337 e. The maximum atomic E-state index is 12.2. The Morgan fingerprint density at radius 3 is 2.94 bits per heavy atom. The zero-order valence-corrected chi connectivity index (χ0v) is 12.4. The van der Waals surface area contributed by atoms with Crippen LogP contribution in [-0.4, -0.2) is 29.9 Å². The Bertz CT molecular complexity index is 424. The van der Waals surface area contributed by atoms with Gasteiger partial charge in [-0.15, -0.1) is 0 Å². The van der Waals surface area contributed by atoms with Gasteiger partial charge in [-0.25, -0.2) is 0 Å². The minimum absolute atomic E-state index is 0.0821. The van der Waals surface area contributed by atoms with Crippen LogP contribution in [0.2, 0.25) is 0 Å². The van der Waals surface area contributed by atoms with E-state index in [9.17, 15) is 4.79 Å². The molecule has 0 bridgehead atoms. The zero-order valence-electron chi connectivity index (χ0n) is 8.62. The van der Waals surface area contributed by atoms with Gasteiger partial charge in [-0.3, -0.25) is 4.79 Å². The van der Waals surface area contributed by atoms with Crippen LogP contribution < -0.4 is 5.73 Å². The first-order valence-electron chi connectivity index (χ1n) is 5.08. The third kappa shape index (κ3) is 2.57. The van der Waals surface area contributed by atoms with Crippen LogP contribution in [0.1, 0.15) is 16.8 Å². The summed E-state index contributed by atoms with van der Waals surface area (Å²) in [5.74, 6) is 0.0821. The molecule has 3 nitrogen and oxygen atoms in total. The van der Waals surface area contributed by atoms with Crippen molar-refractivity contribution in [3.8, 4) is 0 Å². The number of hydrogen-bond donors (Lipinski definition) is 1. The van der Waals surface area contributed by atoms with Gasteiger partial charge in [-0.2, -0.15) is 0 Å². The van der Waals surface area contributed by atoms with Crippen LogP contribution in [0, 0.1) is 3.57 Å². The second-order valence-electron chi connectivity index (χ2n) is 3.92. The number of benzene rings is 1. The zero-order chi connectivity index (χ0) is 11.7. The number of carbonyl (C=O) groups is 1. The third-order valence-electron chi connectivity index (χ3n) is 2.67. The van der Waals surface area contributed by atoms with Gasteiger partial charge < -0.3 is 10.6 Å². The van der Waals surface area contributed by atoms with Crippen molar-refractivity contribution in [2.75, 3.05) is 13.1 Å². The number of halogens is 2. The number of hydrogen-bond acceptors (Lipinski definition) is 2. The molecule has 1 fully saturated rings. The van der Waals surface area contributed by atoms with Gasteiger partial charge in [0.1, 0.15) is 0 Å². The molecule has 1 amide bonds. The van der Waals surface area contributed by atoms with Gasteiger partial charge in [-0.1, -0.05) is 15.9 Å². The molecule has 86 valence electrons.